The lowest BCUT2D eigenvalue weighted by Gasteiger charge is -2.37. The van der Waals surface area contributed by atoms with Crippen molar-refractivity contribution in [1.29, 1.82) is 0 Å². The third-order valence-corrected chi connectivity index (χ3v) is 5.95. The molecule has 1 atom stereocenters. The van der Waals surface area contributed by atoms with E-state index in [1.165, 1.54) is 0 Å². The first-order valence-electron chi connectivity index (χ1n) is 10.6. The highest BCUT2D eigenvalue weighted by Crippen LogP contribution is 2.31. The van der Waals surface area contributed by atoms with Crippen molar-refractivity contribution in [2.24, 2.45) is 0 Å². The largest absolute Gasteiger partial charge is 0.485 e. The minimum atomic E-state index is -0.646. The summed E-state index contributed by atoms with van der Waals surface area (Å²) in [4.78, 5) is 29.4. The molecule has 2 aliphatic rings. The van der Waals surface area contributed by atoms with Crippen LogP contribution in [0.4, 0.5) is 0 Å². The van der Waals surface area contributed by atoms with E-state index in [2.05, 4.69) is 18.2 Å². The lowest BCUT2D eigenvalue weighted by Crippen LogP contribution is -2.55. The first kappa shape index (κ1) is 19.4. The molecular weight excluding hydrogens is 392 g/mol. The van der Waals surface area contributed by atoms with Crippen molar-refractivity contribution < 1.29 is 19.1 Å². The van der Waals surface area contributed by atoms with Gasteiger partial charge in [-0.2, -0.15) is 0 Å². The number of fused-ring (bicyclic) bond motifs is 2. The van der Waals surface area contributed by atoms with Crippen LogP contribution in [0.3, 0.4) is 0 Å². The molecule has 1 unspecified atom stereocenters. The number of hydrogen-bond donors (Lipinski definition) is 0. The molecule has 2 heterocycles. The van der Waals surface area contributed by atoms with E-state index in [0.717, 1.165) is 16.3 Å². The molecule has 6 heteroatoms. The van der Waals surface area contributed by atoms with E-state index in [0.29, 0.717) is 44.1 Å². The Morgan fingerprint density at radius 3 is 2.32 bits per heavy atom. The molecule has 1 saturated heterocycles. The SMILES string of the molecule is O=C(Cc1cccc2ccccc12)N1CCN(C(=O)C2COc3ccccc3O2)CC1. The number of amides is 2. The van der Waals surface area contributed by atoms with Crippen LogP contribution in [0.25, 0.3) is 10.8 Å². The highest BCUT2D eigenvalue weighted by Gasteiger charge is 2.33. The Kier molecular flexibility index (Phi) is 5.20. The monoisotopic (exact) mass is 416 g/mol. The number of benzene rings is 3. The van der Waals surface area contributed by atoms with Crippen LogP contribution in [-0.4, -0.2) is 60.5 Å². The minimum Gasteiger partial charge on any atom is -0.485 e. The smallest absolute Gasteiger partial charge is 0.267 e. The Labute approximate surface area is 181 Å². The van der Waals surface area contributed by atoms with Gasteiger partial charge in [0.05, 0.1) is 6.42 Å². The third kappa shape index (κ3) is 3.93. The third-order valence-electron chi connectivity index (χ3n) is 5.95. The van der Waals surface area contributed by atoms with Crippen LogP contribution >= 0.6 is 0 Å². The molecule has 0 aromatic heterocycles. The van der Waals surface area contributed by atoms with Gasteiger partial charge in [0, 0.05) is 26.2 Å². The van der Waals surface area contributed by atoms with E-state index in [4.69, 9.17) is 9.47 Å². The number of rotatable bonds is 3. The van der Waals surface area contributed by atoms with E-state index in [9.17, 15) is 9.59 Å². The van der Waals surface area contributed by atoms with E-state index in [1.54, 1.807) is 11.0 Å². The first-order valence-corrected chi connectivity index (χ1v) is 10.6. The maximum absolute atomic E-state index is 12.9. The fourth-order valence-electron chi connectivity index (χ4n) is 4.24. The van der Waals surface area contributed by atoms with Gasteiger partial charge < -0.3 is 19.3 Å². The van der Waals surface area contributed by atoms with Gasteiger partial charge in [0.2, 0.25) is 12.0 Å². The minimum absolute atomic E-state index is 0.0874. The molecule has 0 radical (unpaired) electrons. The standard InChI is InChI=1S/C25H24N2O4/c28-24(16-19-8-5-7-18-6-1-2-9-20(18)19)26-12-14-27(15-13-26)25(29)23-17-30-21-10-3-4-11-22(21)31-23/h1-11,23H,12-17H2. The van der Waals surface area contributed by atoms with Gasteiger partial charge in [0.15, 0.2) is 11.5 Å². The summed E-state index contributed by atoms with van der Waals surface area (Å²) in [6.07, 6.45) is -0.279. The lowest BCUT2D eigenvalue weighted by atomic mass is 10.0. The van der Waals surface area contributed by atoms with Crippen LogP contribution in [0.15, 0.2) is 66.7 Å². The molecule has 0 bridgehead atoms. The van der Waals surface area contributed by atoms with E-state index < -0.39 is 6.10 Å². The van der Waals surface area contributed by atoms with Crippen LogP contribution in [-0.2, 0) is 16.0 Å². The molecule has 5 rings (SSSR count). The number of para-hydroxylation sites is 2. The summed E-state index contributed by atoms with van der Waals surface area (Å²) >= 11 is 0. The van der Waals surface area contributed by atoms with Crippen molar-refractivity contribution in [3.63, 3.8) is 0 Å². The number of carbonyl (C=O) groups excluding carboxylic acids is 2. The Balaban J connectivity index is 1.18. The fourth-order valence-corrected chi connectivity index (χ4v) is 4.24. The highest BCUT2D eigenvalue weighted by molar-refractivity contribution is 5.90. The summed E-state index contributed by atoms with van der Waals surface area (Å²) in [5.41, 5.74) is 1.04. The quantitative estimate of drug-likeness (QED) is 0.659. The van der Waals surface area contributed by atoms with Gasteiger partial charge in [-0.25, -0.2) is 0 Å². The Morgan fingerprint density at radius 2 is 1.48 bits per heavy atom. The lowest BCUT2D eigenvalue weighted by molar-refractivity contribution is -0.146. The van der Waals surface area contributed by atoms with Crippen molar-refractivity contribution in [2.45, 2.75) is 12.5 Å². The Morgan fingerprint density at radius 1 is 0.806 bits per heavy atom. The number of nitrogens with zero attached hydrogens (tertiary/aromatic N) is 2. The Hall–Kier alpha value is -3.54. The number of carbonyl (C=O) groups is 2. The van der Waals surface area contributed by atoms with E-state index in [1.807, 2.05) is 47.4 Å². The summed E-state index contributed by atoms with van der Waals surface area (Å²) in [7, 11) is 0. The van der Waals surface area contributed by atoms with Gasteiger partial charge in [-0.1, -0.05) is 54.6 Å². The molecule has 2 amide bonds. The molecule has 0 saturated carbocycles. The topological polar surface area (TPSA) is 59.1 Å². The summed E-state index contributed by atoms with van der Waals surface area (Å²) < 4.78 is 11.5. The summed E-state index contributed by atoms with van der Waals surface area (Å²) in [6, 6.07) is 21.5. The van der Waals surface area contributed by atoms with Crippen molar-refractivity contribution >= 4 is 22.6 Å². The molecule has 31 heavy (non-hydrogen) atoms. The van der Waals surface area contributed by atoms with Crippen LogP contribution in [0, 0.1) is 0 Å². The number of hydrogen-bond acceptors (Lipinski definition) is 4. The molecular formula is C25H24N2O4. The maximum Gasteiger partial charge on any atom is 0.267 e. The highest BCUT2D eigenvalue weighted by atomic mass is 16.6. The molecule has 1 fully saturated rings. The van der Waals surface area contributed by atoms with Crippen molar-refractivity contribution in [2.75, 3.05) is 32.8 Å². The second-order valence-corrected chi connectivity index (χ2v) is 7.89. The van der Waals surface area contributed by atoms with Gasteiger partial charge in [0.1, 0.15) is 6.61 Å². The zero-order valence-corrected chi connectivity index (χ0v) is 17.2. The van der Waals surface area contributed by atoms with Gasteiger partial charge in [-0.3, -0.25) is 9.59 Å². The molecule has 6 nitrogen and oxygen atoms in total. The summed E-state index contributed by atoms with van der Waals surface area (Å²) in [5.74, 6) is 1.26. The number of ether oxygens (including phenoxy) is 2. The average molecular weight is 416 g/mol. The summed E-state index contributed by atoms with van der Waals surface area (Å²) in [6.45, 7) is 2.26. The van der Waals surface area contributed by atoms with Crippen LogP contribution < -0.4 is 9.47 Å². The number of piperazine rings is 1. The van der Waals surface area contributed by atoms with Crippen LogP contribution in [0.2, 0.25) is 0 Å². The second kappa shape index (κ2) is 8.30. The van der Waals surface area contributed by atoms with Crippen molar-refractivity contribution in [3.05, 3.63) is 72.3 Å². The van der Waals surface area contributed by atoms with Crippen LogP contribution in [0.1, 0.15) is 5.56 Å². The maximum atomic E-state index is 12.9. The summed E-state index contributed by atoms with van der Waals surface area (Å²) in [5, 5.41) is 2.25. The second-order valence-electron chi connectivity index (χ2n) is 7.89. The zero-order valence-electron chi connectivity index (χ0n) is 17.2. The predicted molar refractivity (Wildman–Crippen MR) is 117 cm³/mol. The van der Waals surface area contributed by atoms with Gasteiger partial charge in [0.25, 0.3) is 5.91 Å². The molecule has 0 aliphatic carbocycles. The van der Waals surface area contributed by atoms with Gasteiger partial charge in [-0.15, -0.1) is 0 Å². The zero-order chi connectivity index (χ0) is 21.2. The van der Waals surface area contributed by atoms with Crippen molar-refractivity contribution in [3.8, 4) is 11.5 Å². The molecule has 158 valence electrons. The van der Waals surface area contributed by atoms with Crippen molar-refractivity contribution in [1.82, 2.24) is 9.80 Å². The molecule has 3 aromatic rings. The first-order chi connectivity index (χ1) is 15.2. The average Bonchev–Trinajstić information content (AvgIpc) is 2.83. The molecule has 2 aliphatic heterocycles. The van der Waals surface area contributed by atoms with Gasteiger partial charge >= 0.3 is 0 Å². The molecule has 0 N–H and O–H groups in total. The Bertz CT molecular complexity index is 1120. The molecule has 3 aromatic carbocycles. The van der Waals surface area contributed by atoms with E-state index >= 15 is 0 Å². The normalized spacial score (nSPS) is 18.1. The van der Waals surface area contributed by atoms with Crippen LogP contribution in [0.5, 0.6) is 11.5 Å². The van der Waals surface area contributed by atoms with Gasteiger partial charge in [-0.05, 0) is 28.5 Å². The molecule has 0 spiro atoms. The van der Waals surface area contributed by atoms with E-state index in [-0.39, 0.29) is 18.4 Å². The fraction of sp³-hybridized carbons (Fsp3) is 0.280. The predicted octanol–water partition coefficient (Wildman–Crippen LogP) is 2.89.